The van der Waals surface area contributed by atoms with Crippen LogP contribution in [0, 0.1) is 0 Å². The van der Waals surface area contributed by atoms with Crippen LogP contribution in [-0.4, -0.2) is 20.0 Å². The molecule has 0 spiro atoms. The molecule has 0 atom stereocenters. The van der Waals surface area contributed by atoms with Gasteiger partial charge in [-0.2, -0.15) is 0 Å². The summed E-state index contributed by atoms with van der Waals surface area (Å²) in [5.74, 6) is 0.981. The van der Waals surface area contributed by atoms with Gasteiger partial charge in [0.05, 0.1) is 19.8 Å². The summed E-state index contributed by atoms with van der Waals surface area (Å²) in [6.45, 7) is 0. The molecule has 0 fully saturated rings. The van der Waals surface area contributed by atoms with E-state index in [0.717, 1.165) is 64.5 Å². The summed E-state index contributed by atoms with van der Waals surface area (Å²) >= 11 is 3.26. The Morgan fingerprint density at radius 3 is 1.88 bits per heavy atom. The van der Waals surface area contributed by atoms with Crippen LogP contribution in [-0.2, 0) is 4.79 Å². The number of para-hydroxylation sites is 2. The maximum atomic E-state index is 13.6. The molecule has 0 unspecified atom stereocenters. The lowest BCUT2D eigenvalue weighted by Crippen LogP contribution is -2.29. The Bertz CT molecular complexity index is 2190. The fraction of sp³-hybridized carbons (Fsp3) is 0.0476. The molecule has 5 aromatic rings. The molecule has 1 aliphatic carbocycles. The number of benzene rings is 4. The molecule has 6 heteroatoms. The van der Waals surface area contributed by atoms with Gasteiger partial charge >= 0.3 is 0 Å². The fourth-order valence-electron chi connectivity index (χ4n) is 5.69. The van der Waals surface area contributed by atoms with E-state index >= 15 is 0 Å². The highest BCUT2D eigenvalue weighted by molar-refractivity contribution is 8.16. The minimum absolute atomic E-state index is 0.175. The highest BCUT2D eigenvalue weighted by Gasteiger charge is 2.28. The van der Waals surface area contributed by atoms with Crippen molar-refractivity contribution in [2.75, 3.05) is 14.2 Å². The summed E-state index contributed by atoms with van der Waals surface area (Å²) in [6.07, 6.45) is 7.46. The zero-order chi connectivity index (χ0) is 33.0. The van der Waals surface area contributed by atoms with Gasteiger partial charge in [0.1, 0.15) is 11.5 Å². The molecular weight excluding hydrogens is 633 g/mol. The second kappa shape index (κ2) is 13.7. The van der Waals surface area contributed by atoms with Gasteiger partial charge in [0, 0.05) is 44.2 Å². The Morgan fingerprint density at radius 1 is 0.646 bits per heavy atom. The van der Waals surface area contributed by atoms with Gasteiger partial charge in [0.25, 0.3) is 0 Å². The first-order valence-electron chi connectivity index (χ1n) is 15.4. The van der Waals surface area contributed by atoms with Gasteiger partial charge in [0.2, 0.25) is 21.1 Å². The van der Waals surface area contributed by atoms with Crippen LogP contribution < -0.4 is 14.6 Å². The second-order valence-electron chi connectivity index (χ2n) is 11.1. The van der Waals surface area contributed by atoms with Crippen LogP contribution in [0.4, 0.5) is 0 Å². The number of thioether (sulfide) groups is 1. The summed E-state index contributed by atoms with van der Waals surface area (Å²) in [7, 11) is 3.31. The Morgan fingerprint density at radius 2 is 1.21 bits per heavy atom. The molecule has 48 heavy (non-hydrogen) atoms. The molecule has 1 aliphatic heterocycles. The monoisotopic (exact) mass is 662 g/mol. The number of hydrogen-bond acceptors (Lipinski definition) is 5. The summed E-state index contributed by atoms with van der Waals surface area (Å²) in [6, 6.07) is 39.9. The van der Waals surface area contributed by atoms with Crippen LogP contribution >= 0.6 is 23.1 Å². The third kappa shape index (κ3) is 6.28. The molecule has 0 N–H and O–H groups in total. The average Bonchev–Trinajstić information content (AvgIpc) is 3.16. The second-order valence-corrected chi connectivity index (χ2v) is 13.3. The van der Waals surface area contributed by atoms with Crippen LogP contribution in [0.1, 0.15) is 16.7 Å². The lowest BCUT2D eigenvalue weighted by molar-refractivity contribution is -0.300. The molecule has 4 nitrogen and oxygen atoms in total. The van der Waals surface area contributed by atoms with E-state index in [-0.39, 0.29) is 22.7 Å². The van der Waals surface area contributed by atoms with E-state index in [9.17, 15) is 9.90 Å². The van der Waals surface area contributed by atoms with E-state index < -0.39 is 0 Å². The van der Waals surface area contributed by atoms with Crippen molar-refractivity contribution in [3.05, 3.63) is 179 Å². The van der Waals surface area contributed by atoms with Crippen LogP contribution in [0.25, 0.3) is 36.8 Å². The molecule has 4 aromatic carbocycles. The SMILES string of the molecule is COc1ccccc1C1=CC(=CC2=C([O-])C(=Cc3cc(-c4ccccc4)[s+]c(-c4ccccc4OC)c3)C2=O)C=C(c2ccccc2)S1. The summed E-state index contributed by atoms with van der Waals surface area (Å²) in [5.41, 5.74) is 5.89. The molecule has 2 aliphatic rings. The number of rotatable bonds is 8. The molecular formula is C42H30O4S2. The van der Waals surface area contributed by atoms with Crippen LogP contribution in [0.2, 0.25) is 0 Å². The Balaban J connectivity index is 1.30. The van der Waals surface area contributed by atoms with E-state index in [1.807, 2.05) is 109 Å². The molecule has 234 valence electrons. The van der Waals surface area contributed by atoms with Crippen LogP contribution in [0.5, 0.6) is 11.5 Å². The number of carbonyl (C=O) groups excluding carboxylic acids is 1. The van der Waals surface area contributed by atoms with E-state index in [0.29, 0.717) is 0 Å². The van der Waals surface area contributed by atoms with Gasteiger partial charge in [-0.25, -0.2) is 0 Å². The van der Waals surface area contributed by atoms with Crippen molar-refractivity contribution in [1.29, 1.82) is 0 Å². The van der Waals surface area contributed by atoms with Gasteiger partial charge in [-0.3, -0.25) is 4.79 Å². The number of methoxy groups -OCH3 is 2. The molecule has 1 aromatic heterocycles. The Labute approximate surface area is 288 Å². The van der Waals surface area contributed by atoms with E-state index in [1.165, 1.54) is 0 Å². The third-order valence-corrected chi connectivity index (χ3v) is 10.4. The summed E-state index contributed by atoms with van der Waals surface area (Å²) < 4.78 is 11.3. The summed E-state index contributed by atoms with van der Waals surface area (Å²) in [4.78, 5) is 17.6. The van der Waals surface area contributed by atoms with Crippen LogP contribution in [0.3, 0.4) is 0 Å². The average molecular weight is 663 g/mol. The molecule has 0 bridgehead atoms. The van der Waals surface area contributed by atoms with Crippen molar-refractivity contribution in [2.45, 2.75) is 0 Å². The Hall–Kier alpha value is -5.43. The topological polar surface area (TPSA) is 58.6 Å². The molecule has 7 rings (SSSR count). The van der Waals surface area contributed by atoms with E-state index in [4.69, 9.17) is 9.47 Å². The summed E-state index contributed by atoms with van der Waals surface area (Å²) in [5, 5.41) is 13.6. The minimum atomic E-state index is -0.264. The zero-order valence-corrected chi connectivity index (χ0v) is 27.9. The number of allylic oxidation sites excluding steroid dienone is 6. The predicted molar refractivity (Wildman–Crippen MR) is 197 cm³/mol. The van der Waals surface area contributed by atoms with Gasteiger partial charge in [-0.1, -0.05) is 96.4 Å². The lowest BCUT2D eigenvalue weighted by Gasteiger charge is -2.29. The number of hydrogen-bond donors (Lipinski definition) is 0. The van der Waals surface area contributed by atoms with Crippen LogP contribution in [0.15, 0.2) is 162 Å². The number of Topliss-reactive ketones (excluding diaryl/α,β-unsaturated/α-hetero) is 1. The van der Waals surface area contributed by atoms with Crippen molar-refractivity contribution in [3.8, 4) is 32.4 Å². The lowest BCUT2D eigenvalue weighted by atomic mass is 9.85. The molecule has 0 saturated heterocycles. The van der Waals surface area contributed by atoms with Gasteiger partial charge < -0.3 is 14.6 Å². The molecule has 0 saturated carbocycles. The fourth-order valence-corrected chi connectivity index (χ4v) is 8.01. The van der Waals surface area contributed by atoms with Crippen molar-refractivity contribution in [1.82, 2.24) is 0 Å². The first-order chi connectivity index (χ1) is 23.5. The molecule has 2 heterocycles. The smallest absolute Gasteiger partial charge is 0.243 e. The highest BCUT2D eigenvalue weighted by atomic mass is 32.2. The number of ketones is 1. The van der Waals surface area contributed by atoms with Crippen molar-refractivity contribution in [2.24, 2.45) is 0 Å². The van der Waals surface area contributed by atoms with Crippen molar-refractivity contribution < 1.29 is 19.4 Å². The van der Waals surface area contributed by atoms with Crippen molar-refractivity contribution >= 4 is 44.8 Å². The maximum absolute atomic E-state index is 13.6. The predicted octanol–water partition coefficient (Wildman–Crippen LogP) is 9.72. The van der Waals surface area contributed by atoms with Gasteiger partial charge in [-0.05, 0) is 71.3 Å². The highest BCUT2D eigenvalue weighted by Crippen LogP contribution is 2.47. The minimum Gasteiger partial charge on any atom is -0.871 e. The maximum Gasteiger partial charge on any atom is 0.243 e. The number of carbonyl (C=O) groups is 1. The van der Waals surface area contributed by atoms with Crippen molar-refractivity contribution in [3.63, 3.8) is 0 Å². The normalized spacial score (nSPS) is 16.0. The number of ether oxygens (including phenoxy) is 2. The largest absolute Gasteiger partial charge is 0.871 e. The third-order valence-electron chi connectivity index (χ3n) is 8.09. The Kier molecular flexibility index (Phi) is 8.93. The standard InChI is InChI=1S/C42H30O4S2/c1-45-35-19-11-9-17-31(35)39-25-27(23-37(47-39)29-13-5-3-6-14-29)21-33-41(43)34(42(33)44)22-28-24-38(30-15-7-4-8-16-30)48-40(26-28)32-18-10-12-20-36(32)46-2/h3-26H,1-2H3. The first-order valence-corrected chi connectivity index (χ1v) is 17.0. The van der Waals surface area contributed by atoms with Gasteiger partial charge in [-0.15, -0.1) is 0 Å². The quantitative estimate of drug-likeness (QED) is 0.122. The zero-order valence-electron chi connectivity index (χ0n) is 26.3. The molecule has 0 radical (unpaired) electrons. The van der Waals surface area contributed by atoms with E-state index in [2.05, 4.69) is 24.3 Å². The molecule has 0 amide bonds. The first kappa shape index (κ1) is 31.2. The van der Waals surface area contributed by atoms with Gasteiger partial charge in [0.15, 0.2) is 5.78 Å². The van der Waals surface area contributed by atoms with E-state index in [1.54, 1.807) is 49.5 Å².